The SMILES string of the molecule is C1=C(c2cscc2C2=CCCCC2)CCCC1. The van der Waals surface area contributed by atoms with E-state index in [0.717, 1.165) is 0 Å². The normalized spacial score (nSPS) is 20.9. The highest BCUT2D eigenvalue weighted by Crippen LogP contribution is 2.37. The summed E-state index contributed by atoms with van der Waals surface area (Å²) < 4.78 is 0. The van der Waals surface area contributed by atoms with Gasteiger partial charge in [-0.05, 0) is 84.4 Å². The van der Waals surface area contributed by atoms with E-state index in [4.69, 9.17) is 0 Å². The molecule has 0 radical (unpaired) electrons. The third-order valence-electron chi connectivity index (χ3n) is 3.94. The maximum Gasteiger partial charge on any atom is -0.00117 e. The van der Waals surface area contributed by atoms with Crippen LogP contribution in [0.15, 0.2) is 22.9 Å². The molecule has 0 amide bonds. The molecule has 1 aromatic heterocycles. The molecular formula is C16H20S. The standard InChI is InChI=1S/C16H20S/c1-3-7-13(8-4-1)15-11-17-12-16(15)14-9-5-2-6-10-14/h7,9,11-12H,1-6,8,10H2. The van der Waals surface area contributed by atoms with E-state index >= 15 is 0 Å². The van der Waals surface area contributed by atoms with Gasteiger partial charge in [-0.15, -0.1) is 0 Å². The van der Waals surface area contributed by atoms with Gasteiger partial charge in [0.05, 0.1) is 0 Å². The monoisotopic (exact) mass is 244 g/mol. The van der Waals surface area contributed by atoms with Crippen LogP contribution in [0.4, 0.5) is 0 Å². The van der Waals surface area contributed by atoms with Crippen molar-refractivity contribution in [2.75, 3.05) is 0 Å². The van der Waals surface area contributed by atoms with Crippen LogP contribution in [0.25, 0.3) is 11.1 Å². The second kappa shape index (κ2) is 5.22. The van der Waals surface area contributed by atoms with E-state index in [1.807, 2.05) is 11.3 Å². The third kappa shape index (κ3) is 2.40. The summed E-state index contributed by atoms with van der Waals surface area (Å²) in [5.41, 5.74) is 6.31. The highest BCUT2D eigenvalue weighted by Gasteiger charge is 2.15. The van der Waals surface area contributed by atoms with Gasteiger partial charge in [0.1, 0.15) is 0 Å². The van der Waals surface area contributed by atoms with Gasteiger partial charge in [0.2, 0.25) is 0 Å². The van der Waals surface area contributed by atoms with Crippen LogP contribution in [0.3, 0.4) is 0 Å². The molecule has 0 fully saturated rings. The smallest absolute Gasteiger partial charge is 0.00117 e. The van der Waals surface area contributed by atoms with Crippen molar-refractivity contribution < 1.29 is 0 Å². The Hall–Kier alpha value is -0.820. The molecule has 0 unspecified atom stereocenters. The lowest BCUT2D eigenvalue weighted by Crippen LogP contribution is -1.96. The summed E-state index contributed by atoms with van der Waals surface area (Å²) in [4.78, 5) is 0. The van der Waals surface area contributed by atoms with Gasteiger partial charge in [-0.2, -0.15) is 11.3 Å². The van der Waals surface area contributed by atoms with E-state index in [0.29, 0.717) is 0 Å². The molecule has 0 aliphatic heterocycles. The Bertz CT molecular complexity index is 407. The van der Waals surface area contributed by atoms with Crippen molar-refractivity contribution in [1.29, 1.82) is 0 Å². The molecule has 0 nitrogen and oxygen atoms in total. The Morgan fingerprint density at radius 2 is 1.24 bits per heavy atom. The fraction of sp³-hybridized carbons (Fsp3) is 0.500. The second-order valence-electron chi connectivity index (χ2n) is 5.15. The average Bonchev–Trinajstić information content (AvgIpc) is 2.90. The molecule has 0 aromatic carbocycles. The van der Waals surface area contributed by atoms with Gasteiger partial charge in [0, 0.05) is 0 Å². The van der Waals surface area contributed by atoms with E-state index in [1.54, 1.807) is 22.3 Å². The van der Waals surface area contributed by atoms with Crippen molar-refractivity contribution in [3.8, 4) is 0 Å². The Kier molecular flexibility index (Phi) is 3.46. The highest BCUT2D eigenvalue weighted by atomic mass is 32.1. The lowest BCUT2D eigenvalue weighted by atomic mass is 9.88. The first-order valence-corrected chi connectivity index (χ1v) is 7.84. The first kappa shape index (κ1) is 11.3. The molecule has 3 rings (SSSR count). The number of rotatable bonds is 2. The Morgan fingerprint density at radius 3 is 1.65 bits per heavy atom. The minimum atomic E-state index is 1.28. The topological polar surface area (TPSA) is 0 Å². The van der Waals surface area contributed by atoms with Crippen LogP contribution < -0.4 is 0 Å². The summed E-state index contributed by atoms with van der Waals surface area (Å²) in [6.07, 6.45) is 15.6. The fourth-order valence-electron chi connectivity index (χ4n) is 2.96. The molecule has 0 N–H and O–H groups in total. The molecule has 90 valence electrons. The first-order chi connectivity index (χ1) is 8.45. The summed E-state index contributed by atoms with van der Waals surface area (Å²) in [5, 5.41) is 4.73. The Morgan fingerprint density at radius 1 is 0.706 bits per heavy atom. The predicted octanol–water partition coefficient (Wildman–Crippen LogP) is 5.66. The minimum absolute atomic E-state index is 1.28. The summed E-state index contributed by atoms with van der Waals surface area (Å²) in [6, 6.07) is 0. The molecule has 0 bridgehead atoms. The zero-order valence-electron chi connectivity index (χ0n) is 10.4. The van der Waals surface area contributed by atoms with Gasteiger partial charge < -0.3 is 0 Å². The largest absolute Gasteiger partial charge is 0.151 e. The summed E-state index contributed by atoms with van der Waals surface area (Å²) >= 11 is 1.87. The molecule has 1 heteroatoms. The van der Waals surface area contributed by atoms with Crippen molar-refractivity contribution in [2.45, 2.75) is 51.4 Å². The molecule has 1 aromatic rings. The van der Waals surface area contributed by atoms with Crippen molar-refractivity contribution in [1.82, 2.24) is 0 Å². The van der Waals surface area contributed by atoms with Crippen LogP contribution in [-0.4, -0.2) is 0 Å². The van der Waals surface area contributed by atoms with Gasteiger partial charge in [0.15, 0.2) is 0 Å². The van der Waals surface area contributed by atoms with Crippen LogP contribution in [0.5, 0.6) is 0 Å². The zero-order valence-corrected chi connectivity index (χ0v) is 11.2. The minimum Gasteiger partial charge on any atom is -0.151 e. The van der Waals surface area contributed by atoms with Crippen LogP contribution >= 0.6 is 11.3 Å². The maximum absolute atomic E-state index is 2.47. The summed E-state index contributed by atoms with van der Waals surface area (Å²) in [7, 11) is 0. The predicted molar refractivity (Wildman–Crippen MR) is 77.2 cm³/mol. The molecule has 0 spiro atoms. The molecule has 2 aliphatic carbocycles. The lowest BCUT2D eigenvalue weighted by molar-refractivity contribution is 0.738. The quantitative estimate of drug-likeness (QED) is 0.629. The molecule has 17 heavy (non-hydrogen) atoms. The fourth-order valence-corrected chi connectivity index (χ4v) is 3.86. The lowest BCUT2D eigenvalue weighted by Gasteiger charge is -2.17. The van der Waals surface area contributed by atoms with E-state index < -0.39 is 0 Å². The highest BCUT2D eigenvalue weighted by molar-refractivity contribution is 7.08. The van der Waals surface area contributed by atoms with E-state index in [9.17, 15) is 0 Å². The van der Waals surface area contributed by atoms with Gasteiger partial charge in [-0.25, -0.2) is 0 Å². The molecule has 0 saturated carbocycles. The molecular weight excluding hydrogens is 224 g/mol. The van der Waals surface area contributed by atoms with Crippen LogP contribution in [0, 0.1) is 0 Å². The van der Waals surface area contributed by atoms with Crippen LogP contribution in [0.1, 0.15) is 62.5 Å². The van der Waals surface area contributed by atoms with Gasteiger partial charge in [-0.3, -0.25) is 0 Å². The molecule has 0 atom stereocenters. The van der Waals surface area contributed by atoms with Crippen molar-refractivity contribution in [3.05, 3.63) is 34.0 Å². The number of allylic oxidation sites excluding steroid dienone is 4. The van der Waals surface area contributed by atoms with Crippen molar-refractivity contribution >= 4 is 22.5 Å². The van der Waals surface area contributed by atoms with Crippen LogP contribution in [-0.2, 0) is 0 Å². The van der Waals surface area contributed by atoms with Crippen molar-refractivity contribution in [2.24, 2.45) is 0 Å². The van der Waals surface area contributed by atoms with E-state index in [2.05, 4.69) is 22.9 Å². The number of hydrogen-bond donors (Lipinski definition) is 0. The second-order valence-corrected chi connectivity index (χ2v) is 5.89. The van der Waals surface area contributed by atoms with Crippen molar-refractivity contribution in [3.63, 3.8) is 0 Å². The summed E-state index contributed by atoms with van der Waals surface area (Å²) in [5.74, 6) is 0. The summed E-state index contributed by atoms with van der Waals surface area (Å²) in [6.45, 7) is 0. The van der Waals surface area contributed by atoms with E-state index in [-0.39, 0.29) is 0 Å². The molecule has 1 heterocycles. The Balaban J connectivity index is 1.93. The maximum atomic E-state index is 2.47. The van der Waals surface area contributed by atoms with Crippen LogP contribution in [0.2, 0.25) is 0 Å². The zero-order chi connectivity index (χ0) is 11.5. The number of thiophene rings is 1. The van der Waals surface area contributed by atoms with Gasteiger partial charge in [0.25, 0.3) is 0 Å². The number of hydrogen-bond acceptors (Lipinski definition) is 1. The molecule has 2 aliphatic rings. The van der Waals surface area contributed by atoms with E-state index in [1.165, 1.54) is 51.4 Å². The molecule has 0 saturated heterocycles. The third-order valence-corrected chi connectivity index (χ3v) is 4.68. The average molecular weight is 244 g/mol. The van der Waals surface area contributed by atoms with Gasteiger partial charge in [-0.1, -0.05) is 12.2 Å². The first-order valence-electron chi connectivity index (χ1n) is 6.90. The Labute approximate surface area is 108 Å². The van der Waals surface area contributed by atoms with Gasteiger partial charge >= 0.3 is 0 Å².